The van der Waals surface area contributed by atoms with Gasteiger partial charge in [-0.05, 0) is 91.9 Å². The highest BCUT2D eigenvalue weighted by atomic mass is 16.5. The summed E-state index contributed by atoms with van der Waals surface area (Å²) in [6.07, 6.45) is 12.2. The normalized spacial score (nSPS) is 44.8. The molecule has 0 aromatic heterocycles. The lowest BCUT2D eigenvalue weighted by atomic mass is 9.38. The Morgan fingerprint density at radius 1 is 1.02 bits per heavy atom. The Kier molecular flexibility index (Phi) is 5.57. The van der Waals surface area contributed by atoms with E-state index in [1.54, 1.807) is 7.11 Å². The minimum absolute atomic E-state index is 0.00848. The van der Waals surface area contributed by atoms with Gasteiger partial charge < -0.3 is 25.2 Å². The van der Waals surface area contributed by atoms with Gasteiger partial charge in [0, 0.05) is 77.3 Å². The number of aromatic hydroxyl groups is 1. The molecule has 2 aromatic rings. The number of nitrogens with one attached hydrogen (secondary N) is 2. The number of hydrogen-bond donors (Lipinski definition) is 3. The Morgan fingerprint density at radius 3 is 2.71 bits per heavy atom. The van der Waals surface area contributed by atoms with Crippen LogP contribution in [0.4, 0.5) is 11.4 Å². The van der Waals surface area contributed by atoms with Gasteiger partial charge in [0.05, 0.1) is 36.7 Å². The predicted octanol–water partition coefficient (Wildman–Crippen LogP) is 5.77. The van der Waals surface area contributed by atoms with E-state index < -0.39 is 11.0 Å². The first kappa shape index (κ1) is 30.6. The molecule has 6 aliphatic heterocycles. The minimum Gasteiger partial charge on any atom is -0.508 e. The van der Waals surface area contributed by atoms with Crippen LogP contribution < -0.4 is 10.6 Å². The molecule has 6 heterocycles. The summed E-state index contributed by atoms with van der Waals surface area (Å²) in [7, 11) is 3.05. The van der Waals surface area contributed by atoms with Crippen molar-refractivity contribution in [2.24, 2.45) is 28.6 Å². The van der Waals surface area contributed by atoms with E-state index in [1.165, 1.54) is 24.7 Å². The number of fused-ring (bicyclic) bond motifs is 5. The van der Waals surface area contributed by atoms with E-state index in [-0.39, 0.29) is 52.2 Å². The molecule has 4 spiro atoms. The molecule has 9 nitrogen and oxygen atoms in total. The summed E-state index contributed by atoms with van der Waals surface area (Å²) in [5, 5.41) is 20.1. The van der Waals surface area contributed by atoms with E-state index in [4.69, 9.17) is 9.47 Å². The number of carbonyl (C=O) groups is 2. The summed E-state index contributed by atoms with van der Waals surface area (Å²) in [4.78, 5) is 33.0. The minimum atomic E-state index is -0.437. The quantitative estimate of drug-likeness (QED) is 0.271. The van der Waals surface area contributed by atoms with Crippen LogP contribution in [0, 0.1) is 28.6 Å². The molecule has 270 valence electrons. The molecule has 5 aliphatic carbocycles. The van der Waals surface area contributed by atoms with E-state index in [0.29, 0.717) is 24.0 Å². The smallest absolute Gasteiger partial charge is 0.335 e. The number of rotatable bonds is 4. The first-order chi connectivity index (χ1) is 25.2. The fourth-order valence-corrected chi connectivity index (χ4v) is 15.6. The Bertz CT molecular complexity index is 2100. The molecule has 3 N–H and O–H groups in total. The van der Waals surface area contributed by atoms with Gasteiger partial charge in [0.15, 0.2) is 0 Å². The SMILES string of the molecule is CC[C@]12C=CCN3CC[C@]4(C(=C(C(=O)OC)C1)Nc1cc(O)c([C@H]5C[C@]67c8ccccc8N[C@@]68CC[C@@]6(C[C@H]8C(=O)OC)[C@H]8C[C@H]8CN5[C@@H]67)cc14)[C@@H]32. The maximum Gasteiger partial charge on any atom is 0.335 e. The molecule has 2 aromatic carbocycles. The highest BCUT2D eigenvalue weighted by molar-refractivity contribution is 5.93. The number of nitrogens with zero attached hydrogens (tertiary/aromatic N) is 2. The lowest BCUT2D eigenvalue weighted by Crippen LogP contribution is -2.77. The molecule has 0 radical (unpaired) electrons. The average Bonchev–Trinajstić information content (AvgIpc) is 3.43. The summed E-state index contributed by atoms with van der Waals surface area (Å²) < 4.78 is 11.1. The van der Waals surface area contributed by atoms with Crippen LogP contribution in [0.3, 0.4) is 0 Å². The zero-order valence-electron chi connectivity index (χ0n) is 30.3. The first-order valence-corrected chi connectivity index (χ1v) is 19.8. The van der Waals surface area contributed by atoms with Crippen LogP contribution in [0.5, 0.6) is 5.75 Å². The van der Waals surface area contributed by atoms with Crippen LogP contribution >= 0.6 is 0 Å². The van der Waals surface area contributed by atoms with Crippen molar-refractivity contribution in [3.63, 3.8) is 0 Å². The number of para-hydroxylation sites is 1. The van der Waals surface area contributed by atoms with Crippen molar-refractivity contribution < 1.29 is 24.2 Å². The van der Waals surface area contributed by atoms with Gasteiger partial charge in [-0.3, -0.25) is 14.6 Å². The molecule has 9 heteroatoms. The maximum atomic E-state index is 13.9. The summed E-state index contributed by atoms with van der Waals surface area (Å²) >= 11 is 0. The number of piperidine rings is 1. The van der Waals surface area contributed by atoms with Crippen LogP contribution in [-0.2, 0) is 29.9 Å². The molecular formula is C43H48N4O5. The molecule has 52 heavy (non-hydrogen) atoms. The third-order valence-electron chi connectivity index (χ3n) is 17.1. The average molecular weight is 701 g/mol. The number of benzene rings is 2. The number of hydrogen-bond acceptors (Lipinski definition) is 9. The van der Waals surface area contributed by atoms with Crippen molar-refractivity contribution in [1.29, 1.82) is 0 Å². The van der Waals surface area contributed by atoms with Gasteiger partial charge in [0.1, 0.15) is 5.75 Å². The number of methoxy groups -OCH3 is 2. The van der Waals surface area contributed by atoms with Crippen LogP contribution in [0.25, 0.3) is 0 Å². The number of esters is 2. The lowest BCUT2D eigenvalue weighted by molar-refractivity contribution is -0.174. The topological polar surface area (TPSA) is 103 Å². The maximum absolute atomic E-state index is 13.9. The van der Waals surface area contributed by atoms with Crippen molar-refractivity contribution in [3.8, 4) is 5.75 Å². The number of anilines is 2. The van der Waals surface area contributed by atoms with E-state index in [9.17, 15) is 14.7 Å². The van der Waals surface area contributed by atoms with Crippen LogP contribution in [0.15, 0.2) is 59.8 Å². The summed E-state index contributed by atoms with van der Waals surface area (Å²) in [6, 6.07) is 13.6. The van der Waals surface area contributed by atoms with Gasteiger partial charge in [-0.2, -0.15) is 0 Å². The highest BCUT2D eigenvalue weighted by Gasteiger charge is 2.84. The monoisotopic (exact) mass is 700 g/mol. The van der Waals surface area contributed by atoms with Crippen molar-refractivity contribution >= 4 is 23.3 Å². The first-order valence-electron chi connectivity index (χ1n) is 19.8. The van der Waals surface area contributed by atoms with Crippen molar-refractivity contribution in [2.75, 3.05) is 44.5 Å². The Morgan fingerprint density at radius 2 is 1.88 bits per heavy atom. The molecule has 4 saturated carbocycles. The van der Waals surface area contributed by atoms with E-state index in [1.807, 2.05) is 6.07 Å². The molecule has 0 amide bonds. The van der Waals surface area contributed by atoms with E-state index in [0.717, 1.165) is 86.4 Å². The van der Waals surface area contributed by atoms with Gasteiger partial charge in [-0.1, -0.05) is 37.3 Å². The van der Waals surface area contributed by atoms with Gasteiger partial charge >= 0.3 is 11.9 Å². The zero-order valence-corrected chi connectivity index (χ0v) is 30.3. The van der Waals surface area contributed by atoms with Crippen LogP contribution in [0.1, 0.15) is 81.0 Å². The van der Waals surface area contributed by atoms with Gasteiger partial charge in [0.25, 0.3) is 0 Å². The van der Waals surface area contributed by atoms with Crippen molar-refractivity contribution in [1.82, 2.24) is 9.80 Å². The molecule has 11 atom stereocenters. The number of carbonyl (C=O) groups excluding carboxylic acids is 2. The van der Waals surface area contributed by atoms with Crippen LogP contribution in [-0.4, -0.2) is 78.3 Å². The summed E-state index contributed by atoms with van der Waals surface area (Å²) in [5.41, 5.74) is 6.11. The second-order valence-electron chi connectivity index (χ2n) is 18.3. The number of ether oxygens (including phenoxy) is 2. The molecule has 11 aliphatic rings. The van der Waals surface area contributed by atoms with Gasteiger partial charge in [0.2, 0.25) is 0 Å². The Hall–Kier alpha value is -3.82. The van der Waals surface area contributed by atoms with Gasteiger partial charge in [-0.25, -0.2) is 4.79 Å². The molecule has 2 bridgehead atoms. The third kappa shape index (κ3) is 3.07. The van der Waals surface area contributed by atoms with Crippen molar-refractivity contribution in [2.45, 2.75) is 92.8 Å². The standard InChI is InChI=1S/C43H48N4O5/c1-4-39-10-7-14-46-15-13-41(37(39)46)28-17-24(33(48)18-31(28)44-34(41)25(19-39)35(49)51-2)32-21-42-26-8-5-6-9-30(26)45-43(42)12-11-40(20-29(43)36(50)52-3)27-16-23(27)22-47(32)38(40)42/h5-10,17-18,23,27,29,32,37-38,44-45,48H,4,11-16,19-22H2,1-3H3/t23-,27-,29-,32+,37-,38-,39-,40+,41-,42+,43+/m0/s1. The van der Waals surface area contributed by atoms with E-state index in [2.05, 4.69) is 69.8 Å². The second kappa shape index (κ2) is 9.45. The highest BCUT2D eigenvalue weighted by Crippen LogP contribution is 2.81. The number of phenols is 1. The molecule has 0 unspecified atom stereocenters. The summed E-state index contributed by atoms with van der Waals surface area (Å²) in [5.74, 6) is 1.02. The Labute approximate surface area is 304 Å². The van der Waals surface area contributed by atoms with Gasteiger partial charge in [-0.15, -0.1) is 0 Å². The largest absolute Gasteiger partial charge is 0.508 e. The third-order valence-corrected chi connectivity index (χ3v) is 17.1. The second-order valence-corrected chi connectivity index (χ2v) is 18.3. The molecule has 13 rings (SSSR count). The summed E-state index contributed by atoms with van der Waals surface area (Å²) in [6.45, 7) is 5.17. The lowest BCUT2D eigenvalue weighted by Gasteiger charge is -2.69. The molecule has 3 saturated heterocycles. The predicted molar refractivity (Wildman–Crippen MR) is 195 cm³/mol. The Balaban J connectivity index is 1.07. The molecule has 7 fully saturated rings. The molecular weight excluding hydrogens is 652 g/mol. The zero-order chi connectivity index (χ0) is 35.2. The van der Waals surface area contributed by atoms with Crippen LogP contribution in [0.2, 0.25) is 0 Å². The fraction of sp³-hybridized carbons (Fsp3) is 0.581. The van der Waals surface area contributed by atoms with E-state index >= 15 is 0 Å². The number of phenolic OH excluding ortho intramolecular Hbond substituents is 1. The fourth-order valence-electron chi connectivity index (χ4n) is 15.6. The van der Waals surface area contributed by atoms with Crippen molar-refractivity contribution in [3.05, 3.63) is 76.5 Å².